The highest BCUT2D eigenvalue weighted by Crippen LogP contribution is 2.25. The van der Waals surface area contributed by atoms with Crippen LogP contribution in [0.2, 0.25) is 0 Å². The SMILES string of the molecule is [Br-].c1ccc(Cn2cc[n+](Cc3ccccc3)c2Sc2ccccc2)cc1. The second-order valence-corrected chi connectivity index (χ2v) is 7.26. The maximum atomic E-state index is 2.33. The molecule has 0 spiro atoms. The second kappa shape index (κ2) is 9.58. The molecule has 27 heavy (non-hydrogen) atoms. The molecular formula is C23H21BrN2S. The summed E-state index contributed by atoms with van der Waals surface area (Å²) in [5.74, 6) is 0. The summed E-state index contributed by atoms with van der Waals surface area (Å²) in [6, 6.07) is 31.8. The first-order chi connectivity index (χ1) is 12.9. The third-order valence-corrected chi connectivity index (χ3v) is 5.42. The first kappa shape index (κ1) is 19.5. The van der Waals surface area contributed by atoms with Gasteiger partial charge >= 0.3 is 5.16 Å². The van der Waals surface area contributed by atoms with Gasteiger partial charge in [0.25, 0.3) is 0 Å². The van der Waals surface area contributed by atoms with Crippen molar-refractivity contribution in [2.24, 2.45) is 0 Å². The van der Waals surface area contributed by atoms with Crippen LogP contribution in [-0.4, -0.2) is 4.57 Å². The lowest BCUT2D eigenvalue weighted by Gasteiger charge is -2.06. The van der Waals surface area contributed by atoms with E-state index in [0.29, 0.717) is 0 Å². The van der Waals surface area contributed by atoms with E-state index < -0.39 is 0 Å². The van der Waals surface area contributed by atoms with Crippen molar-refractivity contribution in [3.63, 3.8) is 0 Å². The summed E-state index contributed by atoms with van der Waals surface area (Å²) in [4.78, 5) is 1.25. The molecule has 0 radical (unpaired) electrons. The topological polar surface area (TPSA) is 8.81 Å². The lowest BCUT2D eigenvalue weighted by atomic mass is 10.2. The van der Waals surface area contributed by atoms with Gasteiger partial charge in [0, 0.05) is 4.90 Å². The van der Waals surface area contributed by atoms with E-state index in [-0.39, 0.29) is 17.0 Å². The number of halogens is 1. The van der Waals surface area contributed by atoms with Crippen LogP contribution in [0.15, 0.2) is 113 Å². The van der Waals surface area contributed by atoms with Gasteiger partial charge in [-0.1, -0.05) is 78.9 Å². The zero-order chi connectivity index (χ0) is 17.6. The van der Waals surface area contributed by atoms with Crippen molar-refractivity contribution in [1.82, 2.24) is 4.57 Å². The molecule has 1 aromatic heterocycles. The Morgan fingerprint density at radius 2 is 1.26 bits per heavy atom. The van der Waals surface area contributed by atoms with Crippen LogP contribution in [0.3, 0.4) is 0 Å². The molecule has 0 unspecified atom stereocenters. The van der Waals surface area contributed by atoms with Gasteiger partial charge in [-0.3, -0.25) is 0 Å². The average molecular weight is 437 g/mol. The van der Waals surface area contributed by atoms with Crippen molar-refractivity contribution in [3.8, 4) is 0 Å². The zero-order valence-corrected chi connectivity index (χ0v) is 17.3. The van der Waals surface area contributed by atoms with Gasteiger partial charge in [0.15, 0.2) is 0 Å². The lowest BCUT2D eigenvalue weighted by molar-refractivity contribution is -0.725. The van der Waals surface area contributed by atoms with E-state index in [2.05, 4.69) is 113 Å². The molecule has 0 bridgehead atoms. The van der Waals surface area contributed by atoms with Gasteiger partial charge in [0.1, 0.15) is 25.5 Å². The van der Waals surface area contributed by atoms with E-state index in [0.717, 1.165) is 13.1 Å². The highest BCUT2D eigenvalue weighted by Gasteiger charge is 2.19. The van der Waals surface area contributed by atoms with Gasteiger partial charge in [-0.15, -0.1) is 0 Å². The summed E-state index contributed by atoms with van der Waals surface area (Å²) in [6.07, 6.45) is 4.36. The quantitative estimate of drug-likeness (QED) is 0.420. The third kappa shape index (κ3) is 5.12. The smallest absolute Gasteiger partial charge is 0.323 e. The van der Waals surface area contributed by atoms with Crippen LogP contribution in [0, 0.1) is 0 Å². The Morgan fingerprint density at radius 3 is 1.89 bits per heavy atom. The summed E-state index contributed by atoms with van der Waals surface area (Å²) in [6.45, 7) is 1.75. The molecule has 0 aliphatic rings. The summed E-state index contributed by atoms with van der Waals surface area (Å²) in [5, 5.41) is 1.24. The second-order valence-electron chi connectivity index (χ2n) is 6.22. The fraction of sp³-hybridized carbons (Fsp3) is 0.0870. The van der Waals surface area contributed by atoms with Gasteiger partial charge in [-0.25, -0.2) is 9.13 Å². The van der Waals surface area contributed by atoms with Crippen LogP contribution in [0.25, 0.3) is 0 Å². The molecule has 0 atom stereocenters. The Kier molecular flexibility index (Phi) is 6.91. The maximum Gasteiger partial charge on any atom is 0.323 e. The fourth-order valence-corrected chi connectivity index (χ4v) is 3.95. The fourth-order valence-electron chi connectivity index (χ4n) is 2.97. The standard InChI is InChI=1S/C23H21N2S.BrH/c1-4-10-20(11-5-1)18-24-16-17-25(19-21-12-6-2-7-13-21)23(24)26-22-14-8-3-9-15-22;/h1-17H,18-19H2;1H/q+1;/p-1. The highest BCUT2D eigenvalue weighted by molar-refractivity contribution is 7.99. The molecule has 1 heterocycles. The van der Waals surface area contributed by atoms with Gasteiger partial charge in [-0.2, -0.15) is 0 Å². The van der Waals surface area contributed by atoms with Crippen molar-refractivity contribution >= 4 is 11.8 Å². The molecular weight excluding hydrogens is 416 g/mol. The molecule has 0 N–H and O–H groups in total. The number of hydrogen-bond acceptors (Lipinski definition) is 1. The van der Waals surface area contributed by atoms with Gasteiger partial charge in [0.05, 0.1) is 0 Å². The average Bonchev–Trinajstić information content (AvgIpc) is 3.05. The van der Waals surface area contributed by atoms with E-state index in [1.54, 1.807) is 0 Å². The monoisotopic (exact) mass is 436 g/mol. The van der Waals surface area contributed by atoms with Crippen LogP contribution in [0.4, 0.5) is 0 Å². The third-order valence-electron chi connectivity index (χ3n) is 4.26. The number of nitrogens with zero attached hydrogens (tertiary/aromatic N) is 2. The number of hydrogen-bond donors (Lipinski definition) is 0. The normalized spacial score (nSPS) is 10.4. The van der Waals surface area contributed by atoms with E-state index >= 15 is 0 Å². The van der Waals surface area contributed by atoms with E-state index in [9.17, 15) is 0 Å². The largest absolute Gasteiger partial charge is 1.00 e. The van der Waals surface area contributed by atoms with Crippen molar-refractivity contribution < 1.29 is 21.5 Å². The van der Waals surface area contributed by atoms with Gasteiger partial charge < -0.3 is 17.0 Å². The summed E-state index contributed by atoms with van der Waals surface area (Å²) < 4.78 is 4.66. The lowest BCUT2D eigenvalue weighted by Crippen LogP contribution is -3.00. The first-order valence-corrected chi connectivity index (χ1v) is 9.59. The Morgan fingerprint density at radius 1 is 0.704 bits per heavy atom. The summed E-state index contributed by atoms with van der Waals surface area (Å²) in [7, 11) is 0. The molecule has 4 heteroatoms. The number of benzene rings is 3. The summed E-state index contributed by atoms with van der Waals surface area (Å²) >= 11 is 1.81. The van der Waals surface area contributed by atoms with Gasteiger partial charge in [0.2, 0.25) is 0 Å². The Hall–Kier alpha value is -2.30. The highest BCUT2D eigenvalue weighted by atomic mass is 79.9. The molecule has 0 aliphatic heterocycles. The van der Waals surface area contributed by atoms with Crippen LogP contribution in [-0.2, 0) is 13.1 Å². The molecule has 2 nitrogen and oxygen atoms in total. The predicted octanol–water partition coefficient (Wildman–Crippen LogP) is 2.03. The number of imidazole rings is 1. The molecule has 0 saturated heterocycles. The predicted molar refractivity (Wildman–Crippen MR) is 106 cm³/mol. The van der Waals surface area contributed by atoms with Crippen molar-refractivity contribution in [1.29, 1.82) is 0 Å². The molecule has 0 amide bonds. The molecule has 4 rings (SSSR count). The Bertz CT molecular complexity index is 895. The summed E-state index contributed by atoms with van der Waals surface area (Å²) in [5.41, 5.74) is 2.62. The number of aromatic nitrogens is 2. The van der Waals surface area contributed by atoms with Crippen molar-refractivity contribution in [2.75, 3.05) is 0 Å². The van der Waals surface area contributed by atoms with E-state index in [1.165, 1.54) is 21.2 Å². The minimum absolute atomic E-state index is 0. The van der Waals surface area contributed by atoms with Crippen molar-refractivity contribution in [3.05, 3.63) is 115 Å². The van der Waals surface area contributed by atoms with E-state index in [1.807, 2.05) is 11.8 Å². The van der Waals surface area contributed by atoms with Crippen LogP contribution in [0.5, 0.6) is 0 Å². The molecule has 4 aromatic rings. The maximum absolute atomic E-state index is 2.33. The van der Waals surface area contributed by atoms with Crippen molar-refractivity contribution in [2.45, 2.75) is 23.1 Å². The minimum atomic E-state index is 0. The molecule has 0 saturated carbocycles. The molecule has 3 aromatic carbocycles. The number of rotatable bonds is 6. The molecule has 136 valence electrons. The van der Waals surface area contributed by atoms with Crippen LogP contribution in [0.1, 0.15) is 11.1 Å². The zero-order valence-electron chi connectivity index (χ0n) is 14.9. The Labute approximate surface area is 175 Å². The molecule has 0 aliphatic carbocycles. The van der Waals surface area contributed by atoms with E-state index in [4.69, 9.17) is 0 Å². The Balaban J connectivity index is 0.00000210. The van der Waals surface area contributed by atoms with Crippen LogP contribution < -0.4 is 21.5 Å². The first-order valence-electron chi connectivity index (χ1n) is 8.78. The van der Waals surface area contributed by atoms with Crippen LogP contribution >= 0.6 is 11.8 Å². The van der Waals surface area contributed by atoms with Gasteiger partial charge in [-0.05, 0) is 35.0 Å². The molecule has 0 fully saturated rings. The minimum Gasteiger partial charge on any atom is -1.00 e.